The van der Waals surface area contributed by atoms with E-state index >= 15 is 0 Å². The molecule has 0 atom stereocenters. The van der Waals surface area contributed by atoms with E-state index in [0.29, 0.717) is 34.9 Å². The van der Waals surface area contributed by atoms with Gasteiger partial charge in [-0.2, -0.15) is 5.26 Å². The molecule has 0 aromatic heterocycles. The summed E-state index contributed by atoms with van der Waals surface area (Å²) >= 11 is 0. The van der Waals surface area contributed by atoms with Gasteiger partial charge >= 0.3 is 0 Å². The third-order valence-electron chi connectivity index (χ3n) is 3.97. The quantitative estimate of drug-likeness (QED) is 0.575. The van der Waals surface area contributed by atoms with Crippen LogP contribution < -0.4 is 14.8 Å². The minimum Gasteiger partial charge on any atom is -0.492 e. The molecule has 2 amide bonds. The second kappa shape index (κ2) is 9.95. The van der Waals surface area contributed by atoms with Crippen LogP contribution in [-0.2, 0) is 4.79 Å². The Morgan fingerprint density at radius 2 is 1.86 bits per heavy atom. The number of nitrogens with zero attached hydrogens (tertiary/aromatic N) is 2. The first-order chi connectivity index (χ1) is 13.9. The molecular formula is C22H23N3O4. The molecule has 0 saturated heterocycles. The van der Waals surface area contributed by atoms with Gasteiger partial charge in [-0.15, -0.1) is 0 Å². The molecule has 0 unspecified atom stereocenters. The van der Waals surface area contributed by atoms with E-state index in [0.717, 1.165) is 0 Å². The number of anilines is 1. The molecule has 2 aromatic carbocycles. The van der Waals surface area contributed by atoms with Gasteiger partial charge in [-0.05, 0) is 43.3 Å². The summed E-state index contributed by atoms with van der Waals surface area (Å²) in [6.45, 7) is 2.31. The molecule has 1 N–H and O–H groups in total. The Balaban J connectivity index is 2.24. The normalized spacial score (nSPS) is 10.7. The number of para-hydroxylation sites is 1. The molecule has 0 aliphatic carbocycles. The standard InChI is InChI=1S/C22H23N3O4/c1-5-29-19-8-6-7-16(20(19)28-4)13-17(14-23)21(26)24-18-11-9-15(10-12-18)22(27)25(2)3/h6-13H,5H2,1-4H3,(H,24,26)/b17-13+. The topological polar surface area (TPSA) is 91.7 Å². The largest absolute Gasteiger partial charge is 0.492 e. The average molecular weight is 393 g/mol. The number of hydrogen-bond acceptors (Lipinski definition) is 5. The highest BCUT2D eigenvalue weighted by molar-refractivity contribution is 6.10. The lowest BCUT2D eigenvalue weighted by Gasteiger charge is -2.12. The Morgan fingerprint density at radius 3 is 2.41 bits per heavy atom. The lowest BCUT2D eigenvalue weighted by molar-refractivity contribution is -0.112. The molecule has 0 heterocycles. The Labute approximate surface area is 170 Å². The van der Waals surface area contributed by atoms with Gasteiger partial charge in [0.05, 0.1) is 13.7 Å². The molecule has 29 heavy (non-hydrogen) atoms. The summed E-state index contributed by atoms with van der Waals surface area (Å²) in [6, 6.07) is 13.6. The maximum atomic E-state index is 12.5. The molecule has 0 radical (unpaired) electrons. The number of nitrogens with one attached hydrogen (secondary N) is 1. The molecule has 2 rings (SSSR count). The van der Waals surface area contributed by atoms with E-state index in [2.05, 4.69) is 5.32 Å². The van der Waals surface area contributed by atoms with Crippen LogP contribution in [0, 0.1) is 11.3 Å². The number of hydrogen-bond donors (Lipinski definition) is 1. The van der Waals surface area contributed by atoms with Crippen molar-refractivity contribution in [2.45, 2.75) is 6.92 Å². The van der Waals surface area contributed by atoms with Crippen molar-refractivity contribution < 1.29 is 19.1 Å². The van der Waals surface area contributed by atoms with Crippen LogP contribution in [0.5, 0.6) is 11.5 Å². The third kappa shape index (κ3) is 5.36. The van der Waals surface area contributed by atoms with Gasteiger partial charge in [-0.25, -0.2) is 0 Å². The minimum absolute atomic E-state index is 0.0922. The fourth-order valence-electron chi connectivity index (χ4n) is 2.59. The molecule has 0 spiro atoms. The van der Waals surface area contributed by atoms with E-state index in [9.17, 15) is 14.9 Å². The van der Waals surface area contributed by atoms with E-state index in [1.54, 1.807) is 56.6 Å². The highest BCUT2D eigenvalue weighted by atomic mass is 16.5. The van der Waals surface area contributed by atoms with Crippen LogP contribution in [0.2, 0.25) is 0 Å². The number of carbonyl (C=O) groups excluding carboxylic acids is 2. The van der Waals surface area contributed by atoms with Gasteiger partial charge in [0, 0.05) is 30.9 Å². The van der Waals surface area contributed by atoms with Crippen LogP contribution in [-0.4, -0.2) is 44.5 Å². The number of ether oxygens (including phenoxy) is 2. The number of rotatable bonds is 7. The summed E-state index contributed by atoms with van der Waals surface area (Å²) in [5.41, 5.74) is 1.44. The van der Waals surface area contributed by atoms with Gasteiger partial charge in [-0.1, -0.05) is 12.1 Å². The molecule has 0 aliphatic heterocycles. The van der Waals surface area contributed by atoms with Crippen molar-refractivity contribution >= 4 is 23.6 Å². The summed E-state index contributed by atoms with van der Waals surface area (Å²) < 4.78 is 10.9. The first-order valence-electron chi connectivity index (χ1n) is 8.95. The Bertz CT molecular complexity index is 957. The van der Waals surface area contributed by atoms with Crippen molar-refractivity contribution in [3.63, 3.8) is 0 Å². The van der Waals surface area contributed by atoms with Gasteiger partial charge in [0.1, 0.15) is 11.6 Å². The van der Waals surface area contributed by atoms with Crippen molar-refractivity contribution in [2.75, 3.05) is 33.1 Å². The van der Waals surface area contributed by atoms with Crippen LogP contribution in [0.25, 0.3) is 6.08 Å². The zero-order valence-corrected chi connectivity index (χ0v) is 16.9. The zero-order valence-electron chi connectivity index (χ0n) is 16.9. The summed E-state index contributed by atoms with van der Waals surface area (Å²) in [4.78, 5) is 25.9. The SMILES string of the molecule is CCOc1cccc(/C=C(\C#N)C(=O)Nc2ccc(C(=O)N(C)C)cc2)c1OC. The number of nitriles is 1. The van der Waals surface area contributed by atoms with E-state index in [1.807, 2.05) is 13.0 Å². The Morgan fingerprint density at radius 1 is 1.17 bits per heavy atom. The molecule has 150 valence electrons. The maximum Gasteiger partial charge on any atom is 0.266 e. The number of benzene rings is 2. The summed E-state index contributed by atoms with van der Waals surface area (Å²) in [6.07, 6.45) is 1.45. The van der Waals surface area contributed by atoms with Crippen molar-refractivity contribution in [1.29, 1.82) is 5.26 Å². The van der Waals surface area contributed by atoms with Crippen LogP contribution in [0.3, 0.4) is 0 Å². The average Bonchev–Trinajstić information content (AvgIpc) is 2.72. The molecule has 0 aliphatic rings. The van der Waals surface area contributed by atoms with E-state index < -0.39 is 5.91 Å². The first kappa shape index (κ1) is 21.5. The van der Waals surface area contributed by atoms with Crippen LogP contribution in [0.1, 0.15) is 22.8 Å². The lowest BCUT2D eigenvalue weighted by Crippen LogP contribution is -2.21. The van der Waals surface area contributed by atoms with Crippen LogP contribution >= 0.6 is 0 Å². The highest BCUT2D eigenvalue weighted by Crippen LogP contribution is 2.32. The first-order valence-corrected chi connectivity index (χ1v) is 8.95. The molecule has 2 aromatic rings. The Hall–Kier alpha value is -3.79. The molecule has 7 heteroatoms. The summed E-state index contributed by atoms with van der Waals surface area (Å²) in [5.74, 6) is 0.272. The highest BCUT2D eigenvalue weighted by Gasteiger charge is 2.14. The molecule has 0 fully saturated rings. The minimum atomic E-state index is -0.567. The third-order valence-corrected chi connectivity index (χ3v) is 3.97. The smallest absolute Gasteiger partial charge is 0.266 e. The van der Waals surface area contributed by atoms with E-state index in [4.69, 9.17) is 9.47 Å². The van der Waals surface area contributed by atoms with Crippen LogP contribution in [0.15, 0.2) is 48.0 Å². The number of carbonyl (C=O) groups is 2. The van der Waals surface area contributed by atoms with Gasteiger partial charge in [0.2, 0.25) is 0 Å². The van der Waals surface area contributed by atoms with Crippen molar-refractivity contribution in [3.05, 3.63) is 59.2 Å². The fraction of sp³-hybridized carbons (Fsp3) is 0.227. The lowest BCUT2D eigenvalue weighted by atomic mass is 10.1. The second-order valence-electron chi connectivity index (χ2n) is 6.21. The van der Waals surface area contributed by atoms with Gasteiger partial charge < -0.3 is 19.7 Å². The molecule has 0 saturated carbocycles. The van der Waals surface area contributed by atoms with Gasteiger partial charge in [0.25, 0.3) is 11.8 Å². The predicted molar refractivity (Wildman–Crippen MR) is 111 cm³/mol. The fourth-order valence-corrected chi connectivity index (χ4v) is 2.59. The molecule has 0 bridgehead atoms. The predicted octanol–water partition coefficient (Wildman–Crippen LogP) is 3.34. The van der Waals surface area contributed by atoms with Crippen molar-refractivity contribution in [2.24, 2.45) is 0 Å². The zero-order chi connectivity index (χ0) is 21.4. The van der Waals surface area contributed by atoms with Crippen molar-refractivity contribution in [1.82, 2.24) is 4.90 Å². The molecular weight excluding hydrogens is 370 g/mol. The second-order valence-corrected chi connectivity index (χ2v) is 6.21. The van der Waals surface area contributed by atoms with Crippen molar-refractivity contribution in [3.8, 4) is 17.6 Å². The van der Waals surface area contributed by atoms with Crippen LogP contribution in [0.4, 0.5) is 5.69 Å². The summed E-state index contributed by atoms with van der Waals surface area (Å²) in [7, 11) is 4.82. The van der Waals surface area contributed by atoms with E-state index in [1.165, 1.54) is 18.1 Å². The maximum absolute atomic E-state index is 12.5. The summed E-state index contributed by atoms with van der Waals surface area (Å²) in [5, 5.41) is 12.1. The monoisotopic (exact) mass is 393 g/mol. The van der Waals surface area contributed by atoms with Gasteiger partial charge in [-0.3, -0.25) is 9.59 Å². The number of methoxy groups -OCH3 is 1. The number of amides is 2. The Kier molecular flexibility index (Phi) is 7.38. The van der Waals surface area contributed by atoms with Gasteiger partial charge in [0.15, 0.2) is 11.5 Å². The van der Waals surface area contributed by atoms with E-state index in [-0.39, 0.29) is 11.5 Å². The molecule has 7 nitrogen and oxygen atoms in total.